The van der Waals surface area contributed by atoms with E-state index in [0.717, 1.165) is 34.5 Å². The normalized spacial score (nSPS) is 18.8. The van der Waals surface area contributed by atoms with Crippen LogP contribution in [0.15, 0.2) is 71.3 Å². The first-order valence-electron chi connectivity index (χ1n) is 11.7. The Morgan fingerprint density at radius 3 is 2.47 bits per heavy atom. The fourth-order valence-corrected chi connectivity index (χ4v) is 6.26. The van der Waals surface area contributed by atoms with Crippen LogP contribution in [0.4, 0.5) is 0 Å². The summed E-state index contributed by atoms with van der Waals surface area (Å²) in [7, 11) is 0. The second-order valence-corrected chi connectivity index (χ2v) is 10.1. The van der Waals surface area contributed by atoms with Crippen LogP contribution in [0.1, 0.15) is 45.4 Å². The van der Waals surface area contributed by atoms with E-state index in [2.05, 4.69) is 18.2 Å². The highest BCUT2D eigenvalue weighted by atomic mass is 32.1. The number of carbonyl (C=O) groups excluding carboxylic acids is 2. The molecule has 4 aromatic rings. The first kappa shape index (κ1) is 21.1. The molecule has 2 aromatic carbocycles. The summed E-state index contributed by atoms with van der Waals surface area (Å²) in [5, 5.41) is 1.16. The van der Waals surface area contributed by atoms with E-state index in [-0.39, 0.29) is 17.6 Å². The van der Waals surface area contributed by atoms with Crippen LogP contribution in [0.25, 0.3) is 10.2 Å². The average Bonchev–Trinajstić information content (AvgIpc) is 3.57. The van der Waals surface area contributed by atoms with E-state index in [0.29, 0.717) is 32.0 Å². The Labute approximate surface area is 201 Å². The highest BCUT2D eigenvalue weighted by Gasteiger charge is 2.39. The zero-order chi connectivity index (χ0) is 23.1. The third kappa shape index (κ3) is 3.80. The molecule has 34 heavy (non-hydrogen) atoms. The van der Waals surface area contributed by atoms with Crippen LogP contribution in [0, 0.1) is 0 Å². The van der Waals surface area contributed by atoms with Crippen molar-refractivity contribution in [1.29, 1.82) is 0 Å². The van der Waals surface area contributed by atoms with Gasteiger partial charge >= 0.3 is 0 Å². The Kier molecular flexibility index (Phi) is 5.41. The monoisotopic (exact) mass is 471 g/mol. The zero-order valence-corrected chi connectivity index (χ0v) is 19.5. The third-order valence-corrected chi connectivity index (χ3v) is 8.19. The minimum Gasteiger partial charge on any atom is -0.459 e. The first-order chi connectivity index (χ1) is 16.7. The number of carbonyl (C=O) groups is 2. The molecule has 0 saturated carbocycles. The lowest BCUT2D eigenvalue weighted by molar-refractivity contribution is -0.137. The van der Waals surface area contributed by atoms with Crippen molar-refractivity contribution in [1.82, 2.24) is 14.8 Å². The van der Waals surface area contributed by atoms with E-state index in [1.165, 1.54) is 11.0 Å². The molecule has 0 spiro atoms. The van der Waals surface area contributed by atoms with E-state index in [4.69, 9.17) is 9.40 Å². The highest BCUT2D eigenvalue weighted by Crippen LogP contribution is 2.35. The van der Waals surface area contributed by atoms with Gasteiger partial charge in [-0.1, -0.05) is 36.4 Å². The Bertz CT molecular complexity index is 1310. The summed E-state index contributed by atoms with van der Waals surface area (Å²) in [5.41, 5.74) is 3.27. The largest absolute Gasteiger partial charge is 0.459 e. The summed E-state index contributed by atoms with van der Waals surface area (Å²) in [4.78, 5) is 35.4. The van der Waals surface area contributed by atoms with Gasteiger partial charge in [0.15, 0.2) is 5.76 Å². The maximum Gasteiger partial charge on any atom is 0.290 e. The van der Waals surface area contributed by atoms with E-state index in [1.807, 2.05) is 35.2 Å². The average molecular weight is 472 g/mol. The number of likely N-dealkylation sites (tertiary alicyclic amines) is 1. The van der Waals surface area contributed by atoms with Crippen LogP contribution in [0.3, 0.4) is 0 Å². The minimum absolute atomic E-state index is 0.0251. The van der Waals surface area contributed by atoms with Crippen LogP contribution in [0.5, 0.6) is 0 Å². The summed E-state index contributed by atoms with van der Waals surface area (Å²) < 4.78 is 6.59. The van der Waals surface area contributed by atoms with Gasteiger partial charge in [0.05, 0.1) is 21.5 Å². The lowest BCUT2D eigenvalue weighted by atomic mass is 9.91. The van der Waals surface area contributed by atoms with Crippen molar-refractivity contribution in [3.63, 3.8) is 0 Å². The van der Waals surface area contributed by atoms with Gasteiger partial charge in [-0.2, -0.15) is 0 Å². The van der Waals surface area contributed by atoms with Crippen molar-refractivity contribution in [2.24, 2.45) is 0 Å². The molecule has 6 rings (SSSR count). The zero-order valence-electron chi connectivity index (χ0n) is 18.7. The number of amides is 2. The molecule has 2 aliphatic heterocycles. The third-order valence-electron chi connectivity index (χ3n) is 6.99. The predicted octanol–water partition coefficient (Wildman–Crippen LogP) is 4.86. The second kappa shape index (κ2) is 8.72. The second-order valence-electron chi connectivity index (χ2n) is 9.02. The van der Waals surface area contributed by atoms with Crippen LogP contribution in [-0.4, -0.2) is 45.7 Å². The SMILES string of the molecule is O=C(C1Cc2ccccc2CN1C(=O)c1ccco1)N1CCC(c2nc3ccccc3s2)CC1. The van der Waals surface area contributed by atoms with E-state index in [9.17, 15) is 9.59 Å². The summed E-state index contributed by atoms with van der Waals surface area (Å²) in [5.74, 6) is 0.431. The topological polar surface area (TPSA) is 66.7 Å². The lowest BCUT2D eigenvalue weighted by Gasteiger charge is -2.40. The molecule has 0 aliphatic carbocycles. The molecular weight excluding hydrogens is 446 g/mol. The summed E-state index contributed by atoms with van der Waals surface area (Å²) in [6.07, 6.45) is 3.80. The molecule has 6 nitrogen and oxygen atoms in total. The smallest absolute Gasteiger partial charge is 0.290 e. The first-order valence-corrected chi connectivity index (χ1v) is 12.5. The van der Waals surface area contributed by atoms with Crippen molar-refractivity contribution in [3.8, 4) is 0 Å². The number of nitrogens with zero attached hydrogens (tertiary/aromatic N) is 3. The van der Waals surface area contributed by atoms with Gasteiger partial charge in [0.25, 0.3) is 5.91 Å². The van der Waals surface area contributed by atoms with Gasteiger partial charge < -0.3 is 14.2 Å². The molecule has 1 unspecified atom stereocenters. The Morgan fingerprint density at radius 1 is 0.941 bits per heavy atom. The maximum atomic E-state index is 13.7. The van der Waals surface area contributed by atoms with Gasteiger partial charge in [-0.3, -0.25) is 9.59 Å². The molecular formula is C27H25N3O3S. The van der Waals surface area contributed by atoms with Crippen molar-refractivity contribution in [3.05, 3.63) is 88.8 Å². The van der Waals surface area contributed by atoms with Gasteiger partial charge in [-0.15, -0.1) is 11.3 Å². The molecule has 2 aromatic heterocycles. The Morgan fingerprint density at radius 2 is 1.71 bits per heavy atom. The number of benzene rings is 2. The number of rotatable bonds is 3. The van der Waals surface area contributed by atoms with Crippen LogP contribution in [-0.2, 0) is 17.8 Å². The maximum absolute atomic E-state index is 13.7. The molecule has 1 saturated heterocycles. The fourth-order valence-electron chi connectivity index (χ4n) is 5.12. The predicted molar refractivity (Wildman–Crippen MR) is 131 cm³/mol. The number of furan rings is 1. The van der Waals surface area contributed by atoms with Gasteiger partial charge in [0.2, 0.25) is 5.91 Å². The van der Waals surface area contributed by atoms with Crippen molar-refractivity contribution in [2.45, 2.75) is 37.8 Å². The van der Waals surface area contributed by atoms with Crippen molar-refractivity contribution < 1.29 is 14.0 Å². The van der Waals surface area contributed by atoms with E-state index < -0.39 is 6.04 Å². The number of hydrogen-bond donors (Lipinski definition) is 0. The Hall–Kier alpha value is -3.45. The van der Waals surface area contributed by atoms with E-state index >= 15 is 0 Å². The summed E-state index contributed by atoms with van der Waals surface area (Å²) >= 11 is 1.76. The number of fused-ring (bicyclic) bond motifs is 2. The lowest BCUT2D eigenvalue weighted by Crippen LogP contribution is -2.54. The summed E-state index contributed by atoms with van der Waals surface area (Å²) in [6, 6.07) is 19.1. The number of thiazole rings is 1. The molecule has 1 fully saturated rings. The molecule has 2 amide bonds. The van der Waals surface area contributed by atoms with Gasteiger partial charge in [-0.05, 0) is 48.2 Å². The highest BCUT2D eigenvalue weighted by molar-refractivity contribution is 7.18. The minimum atomic E-state index is -0.522. The molecule has 7 heteroatoms. The molecule has 1 atom stereocenters. The molecule has 172 valence electrons. The van der Waals surface area contributed by atoms with Gasteiger partial charge in [0.1, 0.15) is 6.04 Å². The van der Waals surface area contributed by atoms with Crippen molar-refractivity contribution in [2.75, 3.05) is 13.1 Å². The van der Waals surface area contributed by atoms with Crippen LogP contribution in [0.2, 0.25) is 0 Å². The quantitative estimate of drug-likeness (QED) is 0.428. The molecule has 0 bridgehead atoms. The molecule has 2 aliphatic rings. The van der Waals surface area contributed by atoms with Crippen LogP contribution >= 0.6 is 11.3 Å². The number of aromatic nitrogens is 1. The fraction of sp³-hybridized carbons (Fsp3) is 0.296. The molecule has 0 radical (unpaired) electrons. The Balaban J connectivity index is 1.20. The molecule has 0 N–H and O–H groups in total. The molecule has 4 heterocycles. The number of hydrogen-bond acceptors (Lipinski definition) is 5. The standard InChI is InChI=1S/C27H25N3O3S/c31-26(29-13-11-18(12-14-29)25-28-21-8-3-4-10-24(21)34-25)22-16-19-6-1-2-7-20(19)17-30(22)27(32)23-9-5-15-33-23/h1-10,15,18,22H,11-14,16-17H2. The van der Waals surface area contributed by atoms with Gasteiger partial charge in [-0.25, -0.2) is 4.98 Å². The van der Waals surface area contributed by atoms with Crippen LogP contribution < -0.4 is 0 Å². The number of piperidine rings is 1. The summed E-state index contributed by atoms with van der Waals surface area (Å²) in [6.45, 7) is 1.77. The van der Waals surface area contributed by atoms with Crippen molar-refractivity contribution >= 4 is 33.4 Å². The van der Waals surface area contributed by atoms with E-state index in [1.54, 1.807) is 28.4 Å². The number of para-hydroxylation sites is 1. The van der Waals surface area contributed by atoms with Gasteiger partial charge in [0, 0.05) is 32.0 Å².